The first-order valence-electron chi connectivity index (χ1n) is 4.28. The second kappa shape index (κ2) is 4.04. The molecule has 0 radical (unpaired) electrons. The number of rotatable bonds is 4. The van der Waals surface area contributed by atoms with Crippen LogP contribution in [0, 0.1) is 0 Å². The van der Waals surface area contributed by atoms with Gasteiger partial charge in [0.05, 0.1) is 0 Å². The second-order valence-electron chi connectivity index (χ2n) is 3.25. The maximum Gasteiger partial charge on any atom is 0.330 e. The van der Waals surface area contributed by atoms with E-state index in [9.17, 15) is 13.6 Å². The van der Waals surface area contributed by atoms with Crippen LogP contribution in [0.25, 0.3) is 0 Å². The van der Waals surface area contributed by atoms with Crippen LogP contribution in [0.1, 0.15) is 13.3 Å². The fourth-order valence-corrected chi connectivity index (χ4v) is 1.16. The van der Waals surface area contributed by atoms with Crippen LogP contribution >= 0.6 is 0 Å². The number of esters is 1. The van der Waals surface area contributed by atoms with Gasteiger partial charge in [-0.2, -0.15) is 0 Å². The summed E-state index contributed by atoms with van der Waals surface area (Å²) in [6.07, 6.45) is -0.713. The molecule has 3 nitrogen and oxygen atoms in total. The molecule has 0 aromatic rings. The summed E-state index contributed by atoms with van der Waals surface area (Å²) < 4.78 is 34.8. The Hall–Kier alpha value is -0.970. The zero-order valence-electron chi connectivity index (χ0n) is 7.83. The van der Waals surface area contributed by atoms with Gasteiger partial charge >= 0.3 is 5.97 Å². The molecule has 2 atom stereocenters. The first kappa shape index (κ1) is 11.1. The minimum absolute atomic E-state index is 0.00653. The fraction of sp³-hybridized carbons (Fsp3) is 0.667. The number of halogens is 2. The lowest BCUT2D eigenvalue weighted by Crippen LogP contribution is -2.52. The van der Waals surface area contributed by atoms with Gasteiger partial charge in [-0.25, -0.2) is 13.6 Å². The molecule has 1 fully saturated rings. The van der Waals surface area contributed by atoms with Crippen LogP contribution in [0.15, 0.2) is 12.7 Å². The monoisotopic (exact) mass is 206 g/mol. The molecule has 0 saturated carbocycles. The molecule has 80 valence electrons. The highest BCUT2D eigenvalue weighted by Crippen LogP contribution is 2.34. The van der Waals surface area contributed by atoms with Crippen LogP contribution in [0.3, 0.4) is 0 Å². The van der Waals surface area contributed by atoms with E-state index < -0.39 is 30.7 Å². The number of ether oxygens (including phenoxy) is 2. The first-order chi connectivity index (χ1) is 6.45. The minimum Gasteiger partial charge on any atom is -0.459 e. The van der Waals surface area contributed by atoms with Crippen molar-refractivity contribution in [2.24, 2.45) is 0 Å². The average molecular weight is 206 g/mol. The summed E-state index contributed by atoms with van der Waals surface area (Å²) in [4.78, 5) is 10.7. The van der Waals surface area contributed by atoms with Crippen molar-refractivity contribution < 1.29 is 23.0 Å². The van der Waals surface area contributed by atoms with Crippen LogP contribution in [-0.4, -0.2) is 30.7 Å². The Morgan fingerprint density at radius 3 is 2.86 bits per heavy atom. The van der Waals surface area contributed by atoms with Crippen molar-refractivity contribution in [1.82, 2.24) is 0 Å². The Labute approximate surface area is 80.7 Å². The third-order valence-corrected chi connectivity index (χ3v) is 1.98. The maximum atomic E-state index is 12.7. The van der Waals surface area contributed by atoms with Crippen LogP contribution in [0.4, 0.5) is 8.78 Å². The molecule has 2 unspecified atom stereocenters. The molecule has 0 aliphatic carbocycles. The molecule has 0 aromatic heterocycles. The van der Waals surface area contributed by atoms with Gasteiger partial charge in [0.2, 0.25) is 0 Å². The topological polar surface area (TPSA) is 35.5 Å². The maximum absolute atomic E-state index is 12.7. The van der Waals surface area contributed by atoms with Gasteiger partial charge in [-0.3, -0.25) is 0 Å². The highest BCUT2D eigenvalue weighted by atomic mass is 19.3. The number of hydrogen-bond acceptors (Lipinski definition) is 3. The van der Waals surface area contributed by atoms with Crippen molar-refractivity contribution in [2.45, 2.75) is 31.5 Å². The van der Waals surface area contributed by atoms with E-state index in [0.29, 0.717) is 0 Å². The molecular weight excluding hydrogens is 194 g/mol. The first-order valence-corrected chi connectivity index (χ1v) is 4.28. The van der Waals surface area contributed by atoms with Crippen molar-refractivity contribution in [3.63, 3.8) is 0 Å². The van der Waals surface area contributed by atoms with Crippen molar-refractivity contribution >= 4 is 5.97 Å². The largest absolute Gasteiger partial charge is 0.459 e. The van der Waals surface area contributed by atoms with Gasteiger partial charge in [0, 0.05) is 12.5 Å². The normalized spacial score (nSPS) is 26.1. The molecule has 0 N–H and O–H groups in total. The van der Waals surface area contributed by atoms with E-state index in [1.807, 2.05) is 0 Å². The summed E-state index contributed by atoms with van der Waals surface area (Å²) in [5, 5.41) is 0. The Morgan fingerprint density at radius 2 is 2.50 bits per heavy atom. The fourth-order valence-electron chi connectivity index (χ4n) is 1.16. The highest BCUT2D eigenvalue weighted by Gasteiger charge is 2.50. The molecular formula is C9H12F2O3. The van der Waals surface area contributed by atoms with Crippen molar-refractivity contribution in [2.75, 3.05) is 6.61 Å². The molecule has 1 aliphatic heterocycles. The van der Waals surface area contributed by atoms with Crippen LogP contribution in [-0.2, 0) is 14.3 Å². The van der Waals surface area contributed by atoms with E-state index in [1.54, 1.807) is 6.92 Å². The molecule has 0 bridgehead atoms. The molecule has 5 heteroatoms. The summed E-state index contributed by atoms with van der Waals surface area (Å²) in [5.41, 5.74) is 0. The molecule has 1 heterocycles. The third-order valence-electron chi connectivity index (χ3n) is 1.98. The van der Waals surface area contributed by atoms with Gasteiger partial charge in [-0.1, -0.05) is 6.58 Å². The van der Waals surface area contributed by atoms with Crippen LogP contribution in [0.2, 0.25) is 0 Å². The van der Waals surface area contributed by atoms with E-state index in [-0.39, 0.29) is 6.42 Å². The van der Waals surface area contributed by atoms with Gasteiger partial charge in [-0.15, -0.1) is 0 Å². The van der Waals surface area contributed by atoms with E-state index in [0.717, 1.165) is 6.08 Å². The summed E-state index contributed by atoms with van der Waals surface area (Å²) >= 11 is 0. The van der Waals surface area contributed by atoms with Gasteiger partial charge in [-0.05, 0) is 6.92 Å². The van der Waals surface area contributed by atoms with E-state index in [4.69, 9.17) is 4.74 Å². The number of alkyl halides is 2. The molecule has 1 rings (SSSR count). The Balaban J connectivity index is 2.30. The van der Waals surface area contributed by atoms with Crippen molar-refractivity contribution in [1.29, 1.82) is 0 Å². The summed E-state index contributed by atoms with van der Waals surface area (Å²) in [5.74, 6) is -3.39. The predicted octanol–water partition coefficient (Wildman–Crippen LogP) is 1.53. The second-order valence-corrected chi connectivity index (χ2v) is 3.25. The lowest BCUT2D eigenvalue weighted by Gasteiger charge is -2.37. The van der Waals surface area contributed by atoms with E-state index in [1.165, 1.54) is 0 Å². The van der Waals surface area contributed by atoms with Crippen molar-refractivity contribution in [3.05, 3.63) is 12.7 Å². The Morgan fingerprint density at radius 1 is 1.86 bits per heavy atom. The summed E-state index contributed by atoms with van der Waals surface area (Å²) in [7, 11) is 0. The van der Waals surface area contributed by atoms with Crippen LogP contribution < -0.4 is 0 Å². The Bertz CT molecular complexity index is 240. The number of hydrogen-bond donors (Lipinski definition) is 0. The quantitative estimate of drug-likeness (QED) is 0.517. The molecule has 14 heavy (non-hydrogen) atoms. The molecule has 1 saturated heterocycles. The summed E-state index contributed by atoms with van der Waals surface area (Å²) in [6, 6.07) is 0. The molecule has 0 amide bonds. The Kier molecular flexibility index (Phi) is 3.21. The summed E-state index contributed by atoms with van der Waals surface area (Å²) in [6.45, 7) is 4.20. The molecule has 1 aliphatic rings. The average Bonchev–Trinajstić information content (AvgIpc) is 2.12. The van der Waals surface area contributed by atoms with Crippen LogP contribution in [0.5, 0.6) is 0 Å². The highest BCUT2D eigenvalue weighted by molar-refractivity contribution is 5.81. The third kappa shape index (κ3) is 2.51. The zero-order valence-corrected chi connectivity index (χ0v) is 7.83. The minimum atomic E-state index is -2.78. The van der Waals surface area contributed by atoms with E-state index in [2.05, 4.69) is 11.3 Å². The molecule has 0 aromatic carbocycles. The lowest BCUT2D eigenvalue weighted by molar-refractivity contribution is -0.270. The van der Waals surface area contributed by atoms with Gasteiger partial charge in [0.15, 0.2) is 0 Å². The number of carbonyl (C=O) groups is 1. The lowest BCUT2D eigenvalue weighted by atomic mass is 10.0. The van der Waals surface area contributed by atoms with Gasteiger partial charge in [0.1, 0.15) is 18.8 Å². The predicted molar refractivity (Wildman–Crippen MR) is 45.1 cm³/mol. The zero-order chi connectivity index (χ0) is 10.8. The van der Waals surface area contributed by atoms with Gasteiger partial charge in [0.25, 0.3) is 5.92 Å². The smallest absolute Gasteiger partial charge is 0.330 e. The van der Waals surface area contributed by atoms with Gasteiger partial charge < -0.3 is 9.47 Å². The number of carbonyl (C=O) groups excluding carboxylic acids is 1. The SMILES string of the molecule is C=CC(=O)OC(C)CC1OCC1(F)F. The van der Waals surface area contributed by atoms with Crippen molar-refractivity contribution in [3.8, 4) is 0 Å². The standard InChI is InChI=1S/C9H12F2O3/c1-3-8(12)14-6(2)4-7-9(10,11)5-13-7/h3,6-7H,1,4-5H2,2H3. The van der Waals surface area contributed by atoms with E-state index >= 15 is 0 Å². The molecule has 0 spiro atoms.